The van der Waals surface area contributed by atoms with Crippen LogP contribution in [0.1, 0.15) is 12.5 Å². The average Bonchev–Trinajstić information content (AvgIpc) is 2.40. The van der Waals surface area contributed by atoms with E-state index >= 15 is 0 Å². The molecular weight excluding hydrogens is 260 g/mol. The quantitative estimate of drug-likeness (QED) is 0.541. The van der Waals surface area contributed by atoms with Gasteiger partial charge in [0.05, 0.1) is 12.6 Å². The van der Waals surface area contributed by atoms with E-state index in [0.717, 1.165) is 0 Å². The fourth-order valence-corrected chi connectivity index (χ4v) is 1.79. The van der Waals surface area contributed by atoms with Gasteiger partial charge in [-0.25, -0.2) is 0 Å². The minimum atomic E-state index is -0.700. The highest BCUT2D eigenvalue weighted by atomic mass is 16.5. The SMILES string of the molecule is COCC(C)CNC(=O)[C@@H](N)Cc1ccc(O)c(O)c1. The largest absolute Gasteiger partial charge is 0.504 e. The van der Waals surface area contributed by atoms with Crippen LogP contribution in [0.15, 0.2) is 18.2 Å². The van der Waals surface area contributed by atoms with E-state index in [2.05, 4.69) is 5.32 Å². The van der Waals surface area contributed by atoms with Crippen molar-refractivity contribution in [1.82, 2.24) is 5.32 Å². The molecule has 0 saturated carbocycles. The maximum absolute atomic E-state index is 11.8. The Labute approximate surface area is 118 Å². The Morgan fingerprint density at radius 1 is 1.40 bits per heavy atom. The van der Waals surface area contributed by atoms with Crippen LogP contribution in [0.5, 0.6) is 11.5 Å². The zero-order valence-electron chi connectivity index (χ0n) is 11.8. The van der Waals surface area contributed by atoms with Crippen LogP contribution in [-0.4, -0.2) is 42.4 Å². The molecule has 20 heavy (non-hydrogen) atoms. The van der Waals surface area contributed by atoms with Crippen LogP contribution in [0, 0.1) is 5.92 Å². The highest BCUT2D eigenvalue weighted by molar-refractivity contribution is 5.81. The second kappa shape index (κ2) is 7.72. The van der Waals surface area contributed by atoms with Gasteiger partial charge in [-0.1, -0.05) is 13.0 Å². The smallest absolute Gasteiger partial charge is 0.237 e. The molecule has 6 nitrogen and oxygen atoms in total. The van der Waals surface area contributed by atoms with Crippen LogP contribution in [0.2, 0.25) is 0 Å². The number of phenolic OH excluding ortho intramolecular Hbond substituents is 2. The van der Waals surface area contributed by atoms with Crippen LogP contribution in [0.25, 0.3) is 0 Å². The van der Waals surface area contributed by atoms with Crippen molar-refractivity contribution in [3.63, 3.8) is 0 Å². The lowest BCUT2D eigenvalue weighted by molar-refractivity contribution is -0.122. The number of nitrogens with two attached hydrogens (primary N) is 1. The molecule has 0 aliphatic carbocycles. The van der Waals surface area contributed by atoms with Crippen molar-refractivity contribution < 1.29 is 19.7 Å². The predicted octanol–water partition coefficient (Wildman–Crippen LogP) is 0.366. The molecule has 112 valence electrons. The van der Waals surface area contributed by atoms with E-state index < -0.39 is 6.04 Å². The predicted molar refractivity (Wildman–Crippen MR) is 75.5 cm³/mol. The summed E-state index contributed by atoms with van der Waals surface area (Å²) in [6, 6.07) is 3.69. The van der Waals surface area contributed by atoms with E-state index in [4.69, 9.17) is 10.5 Å². The lowest BCUT2D eigenvalue weighted by atomic mass is 10.1. The van der Waals surface area contributed by atoms with Crippen molar-refractivity contribution in [3.8, 4) is 11.5 Å². The zero-order valence-corrected chi connectivity index (χ0v) is 11.8. The first-order valence-electron chi connectivity index (χ1n) is 6.47. The third-order valence-corrected chi connectivity index (χ3v) is 2.91. The van der Waals surface area contributed by atoms with Gasteiger partial charge in [0.25, 0.3) is 0 Å². The summed E-state index contributed by atoms with van der Waals surface area (Å²) < 4.78 is 4.98. The summed E-state index contributed by atoms with van der Waals surface area (Å²) >= 11 is 0. The average molecular weight is 282 g/mol. The highest BCUT2D eigenvalue weighted by Crippen LogP contribution is 2.25. The van der Waals surface area contributed by atoms with Gasteiger partial charge in [0, 0.05) is 13.7 Å². The summed E-state index contributed by atoms with van der Waals surface area (Å²) in [5.41, 5.74) is 6.50. The topological polar surface area (TPSA) is 105 Å². The van der Waals surface area contributed by atoms with E-state index in [1.807, 2.05) is 6.92 Å². The first-order chi connectivity index (χ1) is 9.43. The number of amides is 1. The van der Waals surface area contributed by atoms with Gasteiger partial charge in [-0.2, -0.15) is 0 Å². The molecule has 0 aromatic heterocycles. The molecule has 0 heterocycles. The fraction of sp³-hybridized carbons (Fsp3) is 0.500. The van der Waals surface area contributed by atoms with E-state index in [0.29, 0.717) is 25.1 Å². The molecule has 0 saturated heterocycles. The van der Waals surface area contributed by atoms with Crippen LogP contribution in [0.3, 0.4) is 0 Å². The second-order valence-corrected chi connectivity index (χ2v) is 4.94. The van der Waals surface area contributed by atoms with Crippen molar-refractivity contribution in [2.24, 2.45) is 11.7 Å². The molecule has 0 aliphatic rings. The summed E-state index contributed by atoms with van der Waals surface area (Å²) in [6.45, 7) is 3.04. The van der Waals surface area contributed by atoms with Gasteiger partial charge in [-0.05, 0) is 30.0 Å². The molecule has 1 aromatic rings. The van der Waals surface area contributed by atoms with Gasteiger partial charge in [-0.15, -0.1) is 0 Å². The molecule has 1 aromatic carbocycles. The van der Waals surface area contributed by atoms with Crippen molar-refractivity contribution in [2.75, 3.05) is 20.3 Å². The first kappa shape index (κ1) is 16.3. The van der Waals surface area contributed by atoms with Crippen molar-refractivity contribution in [1.29, 1.82) is 0 Å². The number of rotatable bonds is 7. The van der Waals surface area contributed by atoms with Crippen LogP contribution in [0.4, 0.5) is 0 Å². The number of hydrogen-bond acceptors (Lipinski definition) is 5. The molecule has 0 bridgehead atoms. The number of ether oxygens (including phenoxy) is 1. The Morgan fingerprint density at radius 2 is 2.10 bits per heavy atom. The minimum absolute atomic E-state index is 0.194. The van der Waals surface area contributed by atoms with E-state index in [1.54, 1.807) is 13.2 Å². The molecule has 1 unspecified atom stereocenters. The standard InChI is InChI=1S/C14H22N2O4/c1-9(8-20-2)7-16-14(19)11(15)5-10-3-4-12(17)13(18)6-10/h3-4,6,9,11,17-18H,5,7-8,15H2,1-2H3,(H,16,19)/t9?,11-/m0/s1. The molecular formula is C14H22N2O4. The highest BCUT2D eigenvalue weighted by Gasteiger charge is 2.15. The van der Waals surface area contributed by atoms with Gasteiger partial charge in [0.1, 0.15) is 0 Å². The van der Waals surface area contributed by atoms with Crippen molar-refractivity contribution >= 4 is 5.91 Å². The number of nitrogens with one attached hydrogen (secondary N) is 1. The molecule has 2 atom stereocenters. The van der Waals surface area contributed by atoms with Gasteiger partial charge in [-0.3, -0.25) is 4.79 Å². The van der Waals surface area contributed by atoms with Gasteiger partial charge >= 0.3 is 0 Å². The van der Waals surface area contributed by atoms with Gasteiger partial charge in [0.15, 0.2) is 11.5 Å². The van der Waals surface area contributed by atoms with Crippen molar-refractivity contribution in [2.45, 2.75) is 19.4 Å². The summed E-state index contributed by atoms with van der Waals surface area (Å²) in [5, 5.41) is 21.3. The van der Waals surface area contributed by atoms with Crippen LogP contribution < -0.4 is 11.1 Å². The van der Waals surface area contributed by atoms with Crippen LogP contribution >= 0.6 is 0 Å². The number of methoxy groups -OCH3 is 1. The molecule has 5 N–H and O–H groups in total. The summed E-state index contributed by atoms with van der Waals surface area (Å²) in [5.74, 6) is -0.446. The van der Waals surface area contributed by atoms with E-state index in [-0.39, 0.29) is 23.3 Å². The molecule has 0 aliphatic heterocycles. The van der Waals surface area contributed by atoms with E-state index in [9.17, 15) is 15.0 Å². The minimum Gasteiger partial charge on any atom is -0.504 e. The third-order valence-electron chi connectivity index (χ3n) is 2.91. The lowest BCUT2D eigenvalue weighted by Crippen LogP contribution is -2.43. The van der Waals surface area contributed by atoms with Crippen LogP contribution in [-0.2, 0) is 16.0 Å². The number of hydrogen-bond donors (Lipinski definition) is 4. The Hall–Kier alpha value is -1.79. The maximum Gasteiger partial charge on any atom is 0.237 e. The molecule has 0 fully saturated rings. The zero-order chi connectivity index (χ0) is 15.1. The monoisotopic (exact) mass is 282 g/mol. The number of carbonyl (C=O) groups is 1. The normalized spacial score (nSPS) is 13.8. The number of phenols is 2. The summed E-state index contributed by atoms with van der Waals surface area (Å²) in [6.07, 6.45) is 0.290. The fourth-order valence-electron chi connectivity index (χ4n) is 1.79. The molecule has 0 radical (unpaired) electrons. The second-order valence-electron chi connectivity index (χ2n) is 4.94. The van der Waals surface area contributed by atoms with Crippen molar-refractivity contribution in [3.05, 3.63) is 23.8 Å². The van der Waals surface area contributed by atoms with Gasteiger partial charge in [0.2, 0.25) is 5.91 Å². The molecule has 6 heteroatoms. The maximum atomic E-state index is 11.8. The Bertz CT molecular complexity index is 451. The lowest BCUT2D eigenvalue weighted by Gasteiger charge is -2.15. The Balaban J connectivity index is 2.46. The first-order valence-corrected chi connectivity index (χ1v) is 6.47. The number of carbonyl (C=O) groups excluding carboxylic acids is 1. The summed E-state index contributed by atoms with van der Waals surface area (Å²) in [4.78, 5) is 11.8. The Morgan fingerprint density at radius 3 is 2.70 bits per heavy atom. The summed E-state index contributed by atoms with van der Waals surface area (Å²) in [7, 11) is 1.61. The third kappa shape index (κ3) is 5.07. The molecule has 1 rings (SSSR count). The van der Waals surface area contributed by atoms with E-state index in [1.165, 1.54) is 12.1 Å². The molecule has 1 amide bonds. The van der Waals surface area contributed by atoms with Gasteiger partial charge < -0.3 is 26.0 Å². The Kier molecular flexibility index (Phi) is 6.27. The number of aromatic hydroxyl groups is 2. The molecule has 0 spiro atoms. The number of benzene rings is 1.